The Morgan fingerprint density at radius 2 is 1.67 bits per heavy atom. The van der Waals surface area contributed by atoms with E-state index >= 15 is 0 Å². The number of aliphatic hydroxyl groups is 1. The molecule has 0 unspecified atom stereocenters. The van der Waals surface area contributed by atoms with Gasteiger partial charge in [0.1, 0.15) is 12.2 Å². The second-order valence-electron chi connectivity index (χ2n) is 13.6. The number of ether oxygens (including phenoxy) is 1. The molecule has 0 saturated heterocycles. The number of pyridine rings is 1. The van der Waals surface area contributed by atoms with Crippen LogP contribution in [0.4, 0.5) is 5.95 Å². The highest BCUT2D eigenvalue weighted by molar-refractivity contribution is 7.92. The molecular weight excluding hydrogens is 602 g/mol. The first-order valence-corrected chi connectivity index (χ1v) is 16.7. The molecule has 0 spiro atoms. The maximum atomic E-state index is 14.3. The Labute approximate surface area is 271 Å². The van der Waals surface area contributed by atoms with Crippen molar-refractivity contribution in [1.29, 1.82) is 0 Å². The van der Waals surface area contributed by atoms with Crippen LogP contribution >= 0.6 is 0 Å². The predicted octanol–water partition coefficient (Wildman–Crippen LogP) is 6.02. The van der Waals surface area contributed by atoms with Gasteiger partial charge in [0, 0.05) is 29.9 Å². The van der Waals surface area contributed by atoms with Gasteiger partial charge in [-0.3, -0.25) is 9.78 Å². The van der Waals surface area contributed by atoms with E-state index in [1.54, 1.807) is 49.2 Å². The molecule has 4 aromatic rings. The van der Waals surface area contributed by atoms with Gasteiger partial charge in [0.25, 0.3) is 15.9 Å². The summed E-state index contributed by atoms with van der Waals surface area (Å²) in [4.78, 5) is 29.4. The molecule has 3 heterocycles. The highest BCUT2D eigenvalue weighted by Gasteiger charge is 2.32. The maximum absolute atomic E-state index is 14.3. The fourth-order valence-corrected chi connectivity index (χ4v) is 6.61. The number of hydrogen-bond acceptors (Lipinski definition) is 8. The number of rotatable bonds is 5. The number of anilines is 1. The molecule has 46 heavy (non-hydrogen) atoms. The quantitative estimate of drug-likeness (QED) is 0.270. The van der Waals surface area contributed by atoms with Gasteiger partial charge in [0.2, 0.25) is 11.8 Å². The number of nitrogens with one attached hydrogen (secondary N) is 1. The maximum Gasteiger partial charge on any atom is 0.264 e. The van der Waals surface area contributed by atoms with Crippen molar-refractivity contribution in [3.8, 4) is 17.1 Å². The molecule has 1 amide bonds. The summed E-state index contributed by atoms with van der Waals surface area (Å²) in [5, 5.41) is 10.4. The third kappa shape index (κ3) is 7.54. The molecule has 10 nitrogen and oxygen atoms in total. The number of sulfonamides is 1. The van der Waals surface area contributed by atoms with E-state index in [0.29, 0.717) is 17.8 Å². The minimum atomic E-state index is -4.17. The van der Waals surface area contributed by atoms with Gasteiger partial charge in [-0.05, 0) is 80.5 Å². The average Bonchev–Trinajstić information content (AvgIpc) is 2.96. The molecule has 11 heteroatoms. The van der Waals surface area contributed by atoms with Crippen LogP contribution in [0.5, 0.6) is 5.88 Å². The molecule has 2 aromatic carbocycles. The topological polar surface area (TPSA) is 135 Å². The van der Waals surface area contributed by atoms with Crippen molar-refractivity contribution in [2.24, 2.45) is 5.41 Å². The SMILES string of the molecule is Cc1cccc(C)c1-c1cc2nc(n1)NS(=O)(=O)c1cccc(c1)C(=O)N(Cc1ccc(C(C)(C)O)nc1)[C@H](CC(C)(C)C)CO2. The number of hydrogen-bond donors (Lipinski definition) is 2. The minimum Gasteiger partial charge on any atom is -0.475 e. The summed E-state index contributed by atoms with van der Waals surface area (Å²) in [6.45, 7) is 13.8. The van der Waals surface area contributed by atoms with Gasteiger partial charge >= 0.3 is 0 Å². The van der Waals surface area contributed by atoms with E-state index in [0.717, 1.165) is 22.3 Å². The van der Waals surface area contributed by atoms with Crippen molar-refractivity contribution in [3.63, 3.8) is 0 Å². The van der Waals surface area contributed by atoms with Gasteiger partial charge in [-0.2, -0.15) is 4.98 Å². The Hall–Kier alpha value is -4.35. The monoisotopic (exact) mass is 643 g/mol. The standard InChI is InChI=1S/C35H41N5O5S/c1-22-10-8-11-23(2)31(22)28-17-30-38-33(37-28)39-46(43,44)27-13-9-12-25(16-27)32(41)40(26(21-45-30)18-34(3,4)5)20-24-14-15-29(36-19-24)35(6,7)42/h8-17,19,26,42H,18,20-21H2,1-7H3,(H,37,38,39)/t26-/m1/s1. The first-order chi connectivity index (χ1) is 21.5. The van der Waals surface area contributed by atoms with E-state index in [4.69, 9.17) is 4.74 Å². The average molecular weight is 644 g/mol. The third-order valence-corrected chi connectivity index (χ3v) is 9.16. The molecule has 2 aromatic heterocycles. The first-order valence-electron chi connectivity index (χ1n) is 15.2. The van der Waals surface area contributed by atoms with Crippen LogP contribution < -0.4 is 9.46 Å². The van der Waals surface area contributed by atoms with Crippen LogP contribution in [0.15, 0.2) is 71.8 Å². The van der Waals surface area contributed by atoms with E-state index in [2.05, 4.69) is 40.4 Å². The smallest absolute Gasteiger partial charge is 0.264 e. The van der Waals surface area contributed by atoms with Crippen LogP contribution in [-0.4, -0.2) is 51.9 Å². The highest BCUT2D eigenvalue weighted by Crippen LogP contribution is 2.32. The zero-order valence-electron chi connectivity index (χ0n) is 27.3. The summed E-state index contributed by atoms with van der Waals surface area (Å²) < 4.78 is 36.1. The van der Waals surface area contributed by atoms with Gasteiger partial charge in [0.15, 0.2) is 0 Å². The number of carbonyl (C=O) groups is 1. The van der Waals surface area contributed by atoms with E-state index < -0.39 is 21.7 Å². The van der Waals surface area contributed by atoms with Crippen LogP contribution in [0.1, 0.15) is 73.8 Å². The Kier molecular flexibility index (Phi) is 8.94. The lowest BCUT2D eigenvalue weighted by Gasteiger charge is -2.36. The number of carbonyl (C=O) groups excluding carboxylic acids is 1. The van der Waals surface area contributed by atoms with Crippen LogP contribution in [-0.2, 0) is 22.2 Å². The van der Waals surface area contributed by atoms with Gasteiger partial charge in [0.05, 0.1) is 22.3 Å². The van der Waals surface area contributed by atoms with Crippen molar-refractivity contribution in [3.05, 3.63) is 94.8 Å². The molecule has 242 valence electrons. The zero-order valence-corrected chi connectivity index (χ0v) is 28.1. The number of fused-ring (bicyclic) bond motifs is 4. The first kappa shape index (κ1) is 33.0. The number of aryl methyl sites for hydroxylation is 2. The van der Waals surface area contributed by atoms with Crippen molar-refractivity contribution < 1.29 is 23.1 Å². The van der Waals surface area contributed by atoms with Crippen LogP contribution in [0, 0.1) is 19.3 Å². The van der Waals surface area contributed by atoms with Crippen LogP contribution in [0.3, 0.4) is 0 Å². The second kappa shape index (κ2) is 12.4. The number of aromatic nitrogens is 3. The summed E-state index contributed by atoms with van der Waals surface area (Å²) >= 11 is 0. The lowest BCUT2D eigenvalue weighted by atomic mass is 9.87. The minimum absolute atomic E-state index is 0.0906. The van der Waals surface area contributed by atoms with Crippen LogP contribution in [0.25, 0.3) is 11.3 Å². The van der Waals surface area contributed by atoms with E-state index in [1.165, 1.54) is 12.1 Å². The van der Waals surface area contributed by atoms with Crippen molar-refractivity contribution >= 4 is 21.9 Å². The molecule has 1 atom stereocenters. The molecule has 4 bridgehead atoms. The largest absolute Gasteiger partial charge is 0.475 e. The Balaban J connectivity index is 1.65. The molecule has 1 aliphatic heterocycles. The summed E-state index contributed by atoms with van der Waals surface area (Å²) in [6, 6.07) is 16.7. The third-order valence-electron chi connectivity index (χ3n) is 7.83. The summed E-state index contributed by atoms with van der Waals surface area (Å²) in [6.07, 6.45) is 2.22. The van der Waals surface area contributed by atoms with Crippen molar-refractivity contribution in [1.82, 2.24) is 19.9 Å². The lowest BCUT2D eigenvalue weighted by molar-refractivity contribution is 0.0511. The van der Waals surface area contributed by atoms with Gasteiger partial charge in [-0.15, -0.1) is 0 Å². The number of nitrogens with zero attached hydrogens (tertiary/aromatic N) is 4. The summed E-state index contributed by atoms with van der Waals surface area (Å²) in [5.41, 5.74) is 3.46. The van der Waals surface area contributed by atoms with E-state index in [1.807, 2.05) is 38.1 Å². The van der Waals surface area contributed by atoms with Crippen LogP contribution in [0.2, 0.25) is 0 Å². The van der Waals surface area contributed by atoms with E-state index in [-0.39, 0.29) is 46.8 Å². The zero-order chi connectivity index (χ0) is 33.4. The van der Waals surface area contributed by atoms with Gasteiger partial charge < -0.3 is 14.7 Å². The Morgan fingerprint density at radius 1 is 0.978 bits per heavy atom. The molecular formula is C35H41N5O5S. The van der Waals surface area contributed by atoms with Crippen molar-refractivity contribution in [2.45, 2.75) is 78.0 Å². The normalized spacial score (nSPS) is 16.8. The van der Waals surface area contributed by atoms with Gasteiger partial charge in [-0.1, -0.05) is 51.1 Å². The predicted molar refractivity (Wildman–Crippen MR) is 177 cm³/mol. The molecule has 5 rings (SSSR count). The molecule has 0 radical (unpaired) electrons. The molecule has 0 aliphatic carbocycles. The molecule has 2 N–H and O–H groups in total. The second-order valence-corrected chi connectivity index (χ2v) is 15.3. The fourth-order valence-electron chi connectivity index (χ4n) is 5.62. The lowest BCUT2D eigenvalue weighted by Crippen LogP contribution is -2.45. The summed E-state index contributed by atoms with van der Waals surface area (Å²) in [7, 11) is -4.17. The Bertz CT molecular complexity index is 1840. The van der Waals surface area contributed by atoms with Crippen molar-refractivity contribution in [2.75, 3.05) is 11.3 Å². The highest BCUT2D eigenvalue weighted by atomic mass is 32.2. The van der Waals surface area contributed by atoms with Gasteiger partial charge in [-0.25, -0.2) is 18.1 Å². The number of amides is 1. The molecule has 0 fully saturated rings. The fraction of sp³-hybridized carbons (Fsp3) is 0.371. The Morgan fingerprint density at radius 3 is 2.30 bits per heavy atom. The molecule has 0 saturated carbocycles. The summed E-state index contributed by atoms with van der Waals surface area (Å²) in [5.74, 6) is -0.304. The number of benzene rings is 2. The van der Waals surface area contributed by atoms with E-state index in [9.17, 15) is 18.3 Å². The molecule has 1 aliphatic rings.